The number of aliphatic imine (C=N–C) groups is 1. The highest BCUT2D eigenvalue weighted by Crippen LogP contribution is 2.48. The number of ether oxygens (including phenoxy) is 1. The molecule has 1 saturated carbocycles. The highest BCUT2D eigenvalue weighted by atomic mass is 19.1. The van der Waals surface area contributed by atoms with Crippen molar-refractivity contribution >= 4 is 29.4 Å². The molecule has 2 aromatic carbocycles. The van der Waals surface area contributed by atoms with Gasteiger partial charge in [0.1, 0.15) is 5.82 Å². The van der Waals surface area contributed by atoms with E-state index in [0.29, 0.717) is 29.7 Å². The van der Waals surface area contributed by atoms with Crippen LogP contribution < -0.4 is 16.0 Å². The molecule has 2 aliphatic heterocycles. The van der Waals surface area contributed by atoms with E-state index in [9.17, 15) is 19.1 Å². The number of carbonyl (C=O) groups is 2. The Kier molecular flexibility index (Phi) is 10.7. The first kappa shape index (κ1) is 36.4. The Morgan fingerprint density at radius 3 is 2.75 bits per heavy atom. The minimum absolute atomic E-state index is 0.0544. The van der Waals surface area contributed by atoms with E-state index < -0.39 is 36.2 Å². The molecule has 2 fully saturated rings. The molecule has 13 heteroatoms. The molecule has 3 heterocycles. The molecule has 53 heavy (non-hydrogen) atoms. The quantitative estimate of drug-likeness (QED) is 0.201. The van der Waals surface area contributed by atoms with E-state index in [1.165, 1.54) is 40.7 Å². The van der Waals surface area contributed by atoms with Crippen LogP contribution in [0.4, 0.5) is 20.9 Å². The Hall–Kier alpha value is -4.98. The van der Waals surface area contributed by atoms with Crippen LogP contribution in [0.5, 0.6) is 0 Å². The number of benzene rings is 2. The molecule has 1 saturated heterocycles. The van der Waals surface area contributed by atoms with Gasteiger partial charge in [0, 0.05) is 35.3 Å². The summed E-state index contributed by atoms with van der Waals surface area (Å²) < 4.78 is 26.2. The number of dihydropyridines is 1. The van der Waals surface area contributed by atoms with Gasteiger partial charge in [-0.15, -0.1) is 5.10 Å². The molecule has 3 unspecified atom stereocenters. The second-order valence-electron chi connectivity index (χ2n) is 14.3. The number of nitrogens with one attached hydrogen (secondary N) is 1. The maximum Gasteiger partial charge on any atom is 0.420 e. The van der Waals surface area contributed by atoms with Gasteiger partial charge >= 0.3 is 12.1 Å². The molecule has 7 rings (SSSR count). The van der Waals surface area contributed by atoms with Crippen molar-refractivity contribution < 1.29 is 28.2 Å². The van der Waals surface area contributed by atoms with E-state index >= 15 is 0 Å². The van der Waals surface area contributed by atoms with Gasteiger partial charge < -0.3 is 30.2 Å². The average molecular weight is 724 g/mol. The molecule has 1 aromatic heterocycles. The lowest BCUT2D eigenvalue weighted by molar-refractivity contribution is 0.102. The summed E-state index contributed by atoms with van der Waals surface area (Å²) in [5.41, 5.74) is 11.0. The molecule has 0 radical (unpaired) electrons. The van der Waals surface area contributed by atoms with E-state index in [-0.39, 0.29) is 35.8 Å². The summed E-state index contributed by atoms with van der Waals surface area (Å²) in [5.74, 6) is -1.12. The molecular weight excluding hydrogens is 677 g/mol. The van der Waals surface area contributed by atoms with E-state index in [4.69, 9.17) is 19.9 Å². The van der Waals surface area contributed by atoms with E-state index in [0.717, 1.165) is 44.6 Å². The summed E-state index contributed by atoms with van der Waals surface area (Å²) in [7, 11) is 0. The zero-order valence-electron chi connectivity index (χ0n) is 30.1. The summed E-state index contributed by atoms with van der Waals surface area (Å²) in [6.45, 7) is 6.86. The number of piperidine rings is 1. The Morgan fingerprint density at radius 2 is 1.98 bits per heavy atom. The van der Waals surface area contributed by atoms with Crippen molar-refractivity contribution in [3.8, 4) is 11.5 Å². The summed E-state index contributed by atoms with van der Waals surface area (Å²) in [6, 6.07) is 10.4. The second-order valence-corrected chi connectivity index (χ2v) is 14.3. The zero-order valence-corrected chi connectivity index (χ0v) is 30.1. The normalized spacial score (nSPS) is 24.6. The van der Waals surface area contributed by atoms with Gasteiger partial charge in [-0.1, -0.05) is 47.5 Å². The highest BCUT2D eigenvalue weighted by molar-refractivity contribution is 6.04. The molecule has 3 aromatic rings. The number of nitrogens with two attached hydrogens (primary N) is 1. The summed E-state index contributed by atoms with van der Waals surface area (Å²) in [5, 5.41) is 21.3. The van der Waals surface area contributed by atoms with Crippen LogP contribution >= 0.6 is 0 Å². The molecule has 4 atom stereocenters. The smallest absolute Gasteiger partial charge is 0.419 e. The number of fused-ring (bicyclic) bond motifs is 4. The van der Waals surface area contributed by atoms with Crippen molar-refractivity contribution in [2.75, 3.05) is 36.4 Å². The van der Waals surface area contributed by atoms with Gasteiger partial charge in [-0.2, -0.15) is 0 Å². The van der Waals surface area contributed by atoms with Crippen molar-refractivity contribution in [1.29, 1.82) is 0 Å². The minimum atomic E-state index is -0.838. The predicted octanol–water partition coefficient (Wildman–Crippen LogP) is 6.41. The summed E-state index contributed by atoms with van der Waals surface area (Å²) in [6.07, 6.45) is 12.4. The highest BCUT2D eigenvalue weighted by Gasteiger charge is 2.49. The Labute approximate surface area is 308 Å². The van der Waals surface area contributed by atoms with Crippen molar-refractivity contribution in [2.24, 2.45) is 22.6 Å². The standard InChI is InChI=1S/C40H46FN7O5/c1-3-31-26-20-25(2)23-40(31,42)32-14-15-35(44-34(32)22-26)52-39(51)48(19-9-18-47-16-7-4-8-17-47)38-46-45-37(53-38)29-13-12-28(21-27(29)24-49)43-36(50)30-10-5-6-11-33(30)41/h3,5-6,10-15,20-21,26,32,35,49H,4,7-9,16-19,22-24,42H2,1-2H3,(H,43,50)/t26-,32?,35?,40?/m1/s1. The Balaban J connectivity index is 1.09. The third-order valence-corrected chi connectivity index (χ3v) is 10.7. The summed E-state index contributed by atoms with van der Waals surface area (Å²) >= 11 is 0. The average Bonchev–Trinajstić information content (AvgIpc) is 3.63. The minimum Gasteiger partial charge on any atom is -0.419 e. The molecule has 4 aliphatic rings. The largest absolute Gasteiger partial charge is 0.420 e. The number of halogens is 1. The van der Waals surface area contributed by atoms with Crippen molar-refractivity contribution in [1.82, 2.24) is 15.1 Å². The fourth-order valence-corrected chi connectivity index (χ4v) is 8.24. The number of likely N-dealkylation sites (tertiary alicyclic amines) is 1. The van der Waals surface area contributed by atoms with Crippen molar-refractivity contribution in [2.45, 2.75) is 70.7 Å². The third kappa shape index (κ3) is 7.59. The van der Waals surface area contributed by atoms with Crippen LogP contribution in [0.3, 0.4) is 0 Å². The first-order chi connectivity index (χ1) is 25.7. The number of allylic oxidation sites excluding steroid dienone is 2. The first-order valence-electron chi connectivity index (χ1n) is 18.4. The first-order valence-corrected chi connectivity index (χ1v) is 18.4. The lowest BCUT2D eigenvalue weighted by Crippen LogP contribution is -2.58. The number of amides is 2. The van der Waals surface area contributed by atoms with Crippen molar-refractivity contribution in [3.05, 3.63) is 94.9 Å². The lowest BCUT2D eigenvalue weighted by Gasteiger charge is -2.50. The number of aliphatic hydroxyl groups is 1. The monoisotopic (exact) mass is 723 g/mol. The van der Waals surface area contributed by atoms with Gasteiger partial charge in [0.25, 0.3) is 5.91 Å². The number of rotatable bonds is 10. The Bertz CT molecular complexity index is 1980. The molecule has 4 N–H and O–H groups in total. The van der Waals surface area contributed by atoms with Gasteiger partial charge in [0.05, 0.1) is 17.7 Å². The number of nitrogens with zero attached hydrogens (tertiary/aromatic N) is 5. The van der Waals surface area contributed by atoms with Gasteiger partial charge in [0.15, 0.2) is 0 Å². The predicted molar refractivity (Wildman–Crippen MR) is 200 cm³/mol. The topological polar surface area (TPSA) is 159 Å². The number of carbonyl (C=O) groups excluding carboxylic acids is 2. The fourth-order valence-electron chi connectivity index (χ4n) is 8.24. The molecule has 0 spiro atoms. The second kappa shape index (κ2) is 15.6. The molecule has 2 bridgehead atoms. The lowest BCUT2D eigenvalue weighted by atomic mass is 9.58. The van der Waals surface area contributed by atoms with Crippen molar-refractivity contribution in [3.63, 3.8) is 0 Å². The molecular formula is C40H46FN7O5. The van der Waals surface area contributed by atoms with Crippen LogP contribution in [-0.4, -0.2) is 75.9 Å². The van der Waals surface area contributed by atoms with E-state index in [1.54, 1.807) is 30.3 Å². The summed E-state index contributed by atoms with van der Waals surface area (Å²) in [4.78, 5) is 35.2. The molecule has 278 valence electrons. The molecule has 12 nitrogen and oxygen atoms in total. The van der Waals surface area contributed by atoms with Crippen LogP contribution in [0.15, 0.2) is 87.3 Å². The number of anilines is 2. The maximum atomic E-state index is 14.2. The number of aliphatic hydroxyl groups excluding tert-OH is 1. The third-order valence-electron chi connectivity index (χ3n) is 10.7. The maximum absolute atomic E-state index is 14.2. The van der Waals surface area contributed by atoms with Crippen LogP contribution in [0, 0.1) is 17.7 Å². The van der Waals surface area contributed by atoms with Crippen LogP contribution in [0.1, 0.15) is 68.3 Å². The molecule has 2 aliphatic carbocycles. The van der Waals surface area contributed by atoms with Gasteiger partial charge in [-0.25, -0.2) is 19.1 Å². The number of aromatic nitrogens is 2. The number of hydrogen-bond acceptors (Lipinski definition) is 10. The fraction of sp³-hybridized carbons (Fsp3) is 0.425. The van der Waals surface area contributed by atoms with Crippen LogP contribution in [-0.2, 0) is 11.3 Å². The van der Waals surface area contributed by atoms with E-state index in [2.05, 4.69) is 39.5 Å². The van der Waals surface area contributed by atoms with Gasteiger partial charge in [-0.3, -0.25) is 4.79 Å². The zero-order chi connectivity index (χ0) is 37.1. The van der Waals surface area contributed by atoms with Gasteiger partial charge in [0.2, 0.25) is 12.1 Å². The van der Waals surface area contributed by atoms with Crippen LogP contribution in [0.25, 0.3) is 11.5 Å². The SMILES string of the molecule is CC=C1[C@@H]2C=C(C)CC1(N)C1C=CC(OC(=O)N(CCCN3CCCCC3)c3nnc(-c4ccc(NC(=O)c5ccccc5F)cc4CO)o3)N=C1C2. The Morgan fingerprint density at radius 1 is 1.17 bits per heavy atom. The van der Waals surface area contributed by atoms with Crippen LogP contribution in [0.2, 0.25) is 0 Å². The van der Waals surface area contributed by atoms with Gasteiger partial charge in [-0.05, 0) is 113 Å². The number of hydrogen-bond donors (Lipinski definition) is 3. The molecule has 2 amide bonds. The van der Waals surface area contributed by atoms with E-state index in [1.807, 2.05) is 13.0 Å².